The maximum absolute atomic E-state index is 11.1. The van der Waals surface area contributed by atoms with Crippen molar-refractivity contribution in [3.05, 3.63) is 70.7 Å². The van der Waals surface area contributed by atoms with Crippen LogP contribution in [0.1, 0.15) is 75.3 Å². The van der Waals surface area contributed by atoms with Crippen molar-refractivity contribution in [2.45, 2.75) is 72.1 Å². The monoisotopic (exact) mass is 624 g/mol. The first-order valence-electron chi connectivity index (χ1n) is 13.6. The van der Waals surface area contributed by atoms with E-state index in [1.54, 1.807) is 12.3 Å². The molecule has 192 valence electrons. The van der Waals surface area contributed by atoms with Crippen molar-refractivity contribution in [2.24, 2.45) is 10.2 Å². The van der Waals surface area contributed by atoms with Gasteiger partial charge in [0.2, 0.25) is 0 Å². The van der Waals surface area contributed by atoms with E-state index in [1.165, 1.54) is 38.5 Å². The Kier molecular flexibility index (Phi) is 7.35. The second-order valence-electron chi connectivity index (χ2n) is 10.6. The summed E-state index contributed by atoms with van der Waals surface area (Å²) in [5.41, 5.74) is 1.41. The zero-order chi connectivity index (χ0) is 25.2. The Bertz CT molecular complexity index is 1330. The standard InChI is InChI=1S/C18H13ClN2O3.2C6H11.Sn/c19-14-5-6-16(22)13(7-14)10-20-21-18(24)15-8-11-3-1-2-4-12(11)9-17(15)23;2*1-2-4-6-5-3-1;/h1-10,22-23H,(H,21,24);2*1H,2-6H2;/q;;;+2/p-2/b20-10+;;;. The molecule has 6 rings (SSSR count). The first-order chi connectivity index (χ1) is 18.1. The van der Waals surface area contributed by atoms with Crippen molar-refractivity contribution in [2.75, 3.05) is 0 Å². The number of phenols is 1. The van der Waals surface area contributed by atoms with Crippen molar-refractivity contribution in [1.82, 2.24) is 0 Å². The topological polar surface area (TPSA) is 63.4 Å². The van der Waals surface area contributed by atoms with Crippen LogP contribution in [0.2, 0.25) is 12.9 Å². The van der Waals surface area contributed by atoms with Gasteiger partial charge in [-0.2, -0.15) is 0 Å². The molecule has 3 aliphatic rings. The molecule has 2 saturated carbocycles. The summed E-state index contributed by atoms with van der Waals surface area (Å²) in [6.45, 7) is 0. The quantitative estimate of drug-likeness (QED) is 0.298. The first kappa shape index (κ1) is 25.0. The molecule has 1 heterocycles. The molecule has 0 saturated heterocycles. The van der Waals surface area contributed by atoms with Gasteiger partial charge in [0.15, 0.2) is 0 Å². The van der Waals surface area contributed by atoms with Crippen LogP contribution in [0.4, 0.5) is 0 Å². The van der Waals surface area contributed by atoms with Gasteiger partial charge in [0, 0.05) is 0 Å². The van der Waals surface area contributed by atoms with Gasteiger partial charge in [0.1, 0.15) is 0 Å². The number of fused-ring (bicyclic) bond motifs is 2. The van der Waals surface area contributed by atoms with Crippen LogP contribution in [-0.4, -0.2) is 36.4 Å². The van der Waals surface area contributed by atoms with E-state index in [9.17, 15) is 5.11 Å². The van der Waals surface area contributed by atoms with Crippen LogP contribution in [0, 0.1) is 0 Å². The molecule has 1 aliphatic heterocycles. The summed E-state index contributed by atoms with van der Waals surface area (Å²) in [5.74, 6) is 1.35. The Morgan fingerprint density at radius 2 is 1.43 bits per heavy atom. The van der Waals surface area contributed by atoms with Gasteiger partial charge in [-0.3, -0.25) is 0 Å². The van der Waals surface area contributed by atoms with E-state index >= 15 is 0 Å². The van der Waals surface area contributed by atoms with Crippen LogP contribution in [0.15, 0.2) is 64.8 Å². The molecule has 0 unspecified atom stereocenters. The molecule has 0 amide bonds. The zero-order valence-electron chi connectivity index (χ0n) is 21.0. The third-order valence-corrected chi connectivity index (χ3v) is 21.3. The van der Waals surface area contributed by atoms with Crippen LogP contribution < -0.4 is 3.07 Å². The molecule has 0 aromatic heterocycles. The van der Waals surface area contributed by atoms with Gasteiger partial charge in [-0.1, -0.05) is 0 Å². The minimum absolute atomic E-state index is 0.153. The number of hydrogen-bond acceptors (Lipinski definition) is 5. The zero-order valence-corrected chi connectivity index (χ0v) is 24.6. The maximum atomic E-state index is 11.1. The average Bonchev–Trinajstić information content (AvgIpc) is 3.01. The molecule has 3 aromatic rings. The van der Waals surface area contributed by atoms with Crippen LogP contribution in [-0.2, 0) is 3.07 Å². The molecule has 0 spiro atoms. The number of rotatable bonds is 3. The van der Waals surface area contributed by atoms with Crippen molar-refractivity contribution in [3.8, 4) is 11.5 Å². The normalized spacial score (nSPS) is 22.9. The molecule has 1 N–H and O–H groups in total. The van der Waals surface area contributed by atoms with Crippen molar-refractivity contribution in [3.63, 3.8) is 0 Å². The fourth-order valence-corrected chi connectivity index (χ4v) is 20.2. The van der Waals surface area contributed by atoms with E-state index in [4.69, 9.17) is 17.7 Å². The van der Waals surface area contributed by atoms with Gasteiger partial charge in [-0.05, 0) is 0 Å². The molecule has 37 heavy (non-hydrogen) atoms. The molecular weight excluding hydrogens is 591 g/mol. The summed E-state index contributed by atoms with van der Waals surface area (Å²) < 4.78 is 15.4. The van der Waals surface area contributed by atoms with Crippen LogP contribution in [0.5, 0.6) is 11.5 Å². The molecule has 0 atom stereocenters. The molecule has 2 aliphatic carbocycles. The fraction of sp³-hybridized carbons (Fsp3) is 0.400. The van der Waals surface area contributed by atoms with Gasteiger partial charge in [0.05, 0.1) is 0 Å². The predicted octanol–water partition coefficient (Wildman–Crippen LogP) is 8.50. The summed E-state index contributed by atoms with van der Waals surface area (Å²) in [7, 11) is 0. The Morgan fingerprint density at radius 1 is 0.784 bits per heavy atom. The summed E-state index contributed by atoms with van der Waals surface area (Å²) in [5, 5.41) is 22.8. The van der Waals surface area contributed by atoms with Crippen molar-refractivity contribution >= 4 is 53.7 Å². The molecule has 7 heteroatoms. The number of phenolic OH excluding ortho intramolecular Hbond substituents is 1. The number of aromatic hydroxyl groups is 1. The number of halogens is 1. The van der Waals surface area contributed by atoms with Crippen molar-refractivity contribution < 1.29 is 11.3 Å². The molecule has 2 fully saturated rings. The van der Waals surface area contributed by atoms with Gasteiger partial charge in [-0.15, -0.1) is 0 Å². The average molecular weight is 624 g/mol. The van der Waals surface area contributed by atoms with Crippen molar-refractivity contribution in [1.29, 1.82) is 0 Å². The predicted molar refractivity (Wildman–Crippen MR) is 152 cm³/mol. The van der Waals surface area contributed by atoms with Gasteiger partial charge < -0.3 is 0 Å². The van der Waals surface area contributed by atoms with E-state index in [1.807, 2.05) is 48.5 Å². The third-order valence-electron chi connectivity index (χ3n) is 8.29. The van der Waals surface area contributed by atoms with Crippen LogP contribution in [0.3, 0.4) is 0 Å². The molecule has 5 nitrogen and oxygen atoms in total. The minimum atomic E-state index is -4.02. The van der Waals surface area contributed by atoms with E-state index in [0.717, 1.165) is 47.8 Å². The molecule has 0 bridgehead atoms. The van der Waals surface area contributed by atoms with E-state index < -0.39 is 19.2 Å². The summed E-state index contributed by atoms with van der Waals surface area (Å²) in [6.07, 6.45) is 13.6. The molecule has 3 aromatic carbocycles. The Labute approximate surface area is 228 Å². The first-order valence-corrected chi connectivity index (χ1v) is 19.6. The summed E-state index contributed by atoms with van der Waals surface area (Å²) in [6, 6.07) is 17.6. The van der Waals surface area contributed by atoms with E-state index in [0.29, 0.717) is 24.4 Å². The number of nitrogens with zero attached hydrogens (tertiary/aromatic N) is 2. The van der Waals surface area contributed by atoms with E-state index in [-0.39, 0.29) is 5.75 Å². The van der Waals surface area contributed by atoms with Crippen LogP contribution in [0.25, 0.3) is 10.8 Å². The SMILES string of the molecule is Oc1cc2ccccc2cc1/C1=N/N=C/c2cc(Cl)ccc2[O][Sn]([CH]2CCCCC2)([CH]2CCCCC2)[O]1. The number of hydrogen-bond donors (Lipinski definition) is 1. The van der Waals surface area contributed by atoms with Gasteiger partial charge >= 0.3 is 229 Å². The third kappa shape index (κ3) is 5.09. The summed E-state index contributed by atoms with van der Waals surface area (Å²) >= 11 is 2.36. The Balaban J connectivity index is 1.54. The number of benzene rings is 3. The molecule has 0 radical (unpaired) electrons. The van der Waals surface area contributed by atoms with E-state index in [2.05, 4.69) is 10.2 Å². The van der Waals surface area contributed by atoms with Gasteiger partial charge in [0.25, 0.3) is 0 Å². The molecular formula is C30H33ClN2O3Sn. The Hall–Kier alpha value is -2.25. The fourth-order valence-electron chi connectivity index (χ4n) is 6.41. The Morgan fingerprint density at radius 3 is 2.11 bits per heavy atom. The van der Waals surface area contributed by atoms with Gasteiger partial charge in [-0.25, -0.2) is 0 Å². The second kappa shape index (κ2) is 10.9. The van der Waals surface area contributed by atoms with Crippen LogP contribution >= 0.6 is 11.6 Å². The second-order valence-corrected chi connectivity index (χ2v) is 21.0. The summed E-state index contributed by atoms with van der Waals surface area (Å²) in [4.78, 5) is 0.